The first kappa shape index (κ1) is 25.9. The smallest absolute Gasteiger partial charge is 0.258 e. The highest BCUT2D eigenvalue weighted by Crippen LogP contribution is 2.59. The minimum Gasteiger partial charge on any atom is -0.378 e. The number of benzene rings is 3. The molecule has 2 atom stereocenters. The lowest BCUT2D eigenvalue weighted by Crippen LogP contribution is -2.22. The van der Waals surface area contributed by atoms with E-state index in [0.29, 0.717) is 17.8 Å². The Bertz CT molecular complexity index is 1070. The summed E-state index contributed by atoms with van der Waals surface area (Å²) in [5.41, 5.74) is 3.98. The standard InChI is InChI=1S/C28H38N3O2P/c1-22(2)20-21-33-34(32,27-18-16-26(17-19-27)31(5)6)28(29-24-10-8-7-9-11-24)23-12-14-25(15-13-23)30(3)4/h7-19,22,28-29H,20-21H2,1-6H3/t28-,34+/m0/s1. The van der Waals surface area contributed by atoms with E-state index in [1.165, 1.54) is 0 Å². The zero-order valence-corrected chi connectivity index (χ0v) is 22.1. The molecule has 0 amide bonds. The van der Waals surface area contributed by atoms with Crippen LogP contribution in [0.2, 0.25) is 0 Å². The van der Waals surface area contributed by atoms with E-state index < -0.39 is 13.2 Å². The summed E-state index contributed by atoms with van der Waals surface area (Å²) in [6.07, 6.45) is 0.845. The van der Waals surface area contributed by atoms with E-state index in [-0.39, 0.29) is 0 Å². The van der Waals surface area contributed by atoms with Crippen LogP contribution in [0.25, 0.3) is 0 Å². The molecule has 3 aromatic rings. The van der Waals surface area contributed by atoms with E-state index in [9.17, 15) is 4.57 Å². The molecule has 0 bridgehead atoms. The van der Waals surface area contributed by atoms with Crippen molar-refractivity contribution in [3.05, 3.63) is 84.4 Å². The van der Waals surface area contributed by atoms with Gasteiger partial charge in [-0.05, 0) is 66.4 Å². The fourth-order valence-electron chi connectivity index (χ4n) is 3.69. The van der Waals surface area contributed by atoms with Crippen LogP contribution in [-0.2, 0) is 9.09 Å². The summed E-state index contributed by atoms with van der Waals surface area (Å²) >= 11 is 0. The maximum atomic E-state index is 14.9. The normalized spacial score (nSPS) is 13.9. The van der Waals surface area contributed by atoms with Gasteiger partial charge in [0.05, 0.1) is 6.61 Å². The number of para-hydroxylation sites is 1. The van der Waals surface area contributed by atoms with Crippen LogP contribution in [0.3, 0.4) is 0 Å². The fraction of sp³-hybridized carbons (Fsp3) is 0.357. The van der Waals surface area contributed by atoms with Crippen molar-refractivity contribution in [2.24, 2.45) is 5.92 Å². The molecule has 0 aliphatic rings. The number of nitrogens with one attached hydrogen (secondary N) is 1. The lowest BCUT2D eigenvalue weighted by molar-refractivity contribution is 0.290. The predicted molar refractivity (Wildman–Crippen MR) is 147 cm³/mol. The topological polar surface area (TPSA) is 44.8 Å². The Morgan fingerprint density at radius 3 is 1.82 bits per heavy atom. The van der Waals surface area contributed by atoms with Crippen molar-refractivity contribution in [2.75, 3.05) is 49.9 Å². The maximum absolute atomic E-state index is 14.9. The molecular weight excluding hydrogens is 441 g/mol. The first-order valence-corrected chi connectivity index (χ1v) is 13.5. The Balaban J connectivity index is 2.09. The summed E-state index contributed by atoms with van der Waals surface area (Å²) in [4.78, 5) is 4.09. The van der Waals surface area contributed by atoms with Crippen LogP contribution in [0.15, 0.2) is 78.9 Å². The Morgan fingerprint density at radius 1 is 0.794 bits per heavy atom. The molecule has 34 heavy (non-hydrogen) atoms. The Labute approximate surface area is 205 Å². The van der Waals surface area contributed by atoms with E-state index in [0.717, 1.165) is 29.0 Å². The molecule has 0 aliphatic heterocycles. The number of anilines is 3. The number of hydrogen-bond donors (Lipinski definition) is 1. The third kappa shape index (κ3) is 6.43. The quantitative estimate of drug-likeness (QED) is 0.314. The molecule has 0 unspecified atom stereocenters. The third-order valence-corrected chi connectivity index (χ3v) is 8.54. The van der Waals surface area contributed by atoms with Gasteiger partial charge in [-0.1, -0.05) is 44.2 Å². The Morgan fingerprint density at radius 2 is 1.32 bits per heavy atom. The highest BCUT2D eigenvalue weighted by Gasteiger charge is 2.38. The van der Waals surface area contributed by atoms with Gasteiger partial charge in [0.1, 0.15) is 5.78 Å². The summed E-state index contributed by atoms with van der Waals surface area (Å²) in [7, 11) is 4.67. The van der Waals surface area contributed by atoms with Crippen LogP contribution in [0.1, 0.15) is 31.6 Å². The molecule has 0 saturated heterocycles. The van der Waals surface area contributed by atoms with Crippen LogP contribution >= 0.6 is 7.37 Å². The first-order valence-electron chi connectivity index (χ1n) is 11.8. The molecule has 6 heteroatoms. The van der Waals surface area contributed by atoms with Crippen LogP contribution in [0.5, 0.6) is 0 Å². The SMILES string of the molecule is CC(C)CCO[P@](=O)(c1ccc(N(C)C)cc1)[C@H](Nc1ccccc1)c1ccc(N(C)C)cc1. The summed E-state index contributed by atoms with van der Waals surface area (Å²) in [6, 6.07) is 26.0. The monoisotopic (exact) mass is 479 g/mol. The fourth-order valence-corrected chi connectivity index (χ4v) is 6.11. The van der Waals surface area contributed by atoms with Crippen molar-refractivity contribution in [3.8, 4) is 0 Å². The molecule has 1 N–H and O–H groups in total. The molecular formula is C28H38N3O2P. The molecule has 0 aromatic heterocycles. The lowest BCUT2D eigenvalue weighted by atomic mass is 10.2. The molecule has 3 aromatic carbocycles. The van der Waals surface area contributed by atoms with Gasteiger partial charge < -0.3 is 19.6 Å². The van der Waals surface area contributed by atoms with Crippen molar-refractivity contribution in [1.82, 2.24) is 0 Å². The first-order chi connectivity index (χ1) is 16.2. The van der Waals surface area contributed by atoms with Gasteiger partial charge in [-0.3, -0.25) is 4.57 Å². The van der Waals surface area contributed by atoms with E-state index in [1.54, 1.807) is 0 Å². The van der Waals surface area contributed by atoms with Gasteiger partial charge in [0.2, 0.25) is 0 Å². The second kappa shape index (κ2) is 11.6. The van der Waals surface area contributed by atoms with E-state index in [2.05, 4.69) is 36.2 Å². The Kier molecular flexibility index (Phi) is 8.82. The van der Waals surface area contributed by atoms with Crippen LogP contribution in [0, 0.1) is 5.92 Å². The van der Waals surface area contributed by atoms with E-state index in [4.69, 9.17) is 4.52 Å². The van der Waals surface area contributed by atoms with Crippen molar-refractivity contribution in [1.29, 1.82) is 0 Å². The molecule has 0 radical (unpaired) electrons. The number of nitrogens with zero attached hydrogens (tertiary/aromatic N) is 2. The van der Waals surface area contributed by atoms with Gasteiger partial charge in [0, 0.05) is 50.6 Å². The van der Waals surface area contributed by atoms with E-state index in [1.807, 2.05) is 99.8 Å². The second-order valence-corrected chi connectivity index (χ2v) is 11.9. The third-order valence-electron chi connectivity index (χ3n) is 5.85. The average molecular weight is 480 g/mol. The number of hydrogen-bond acceptors (Lipinski definition) is 5. The molecule has 0 aliphatic carbocycles. The summed E-state index contributed by atoms with van der Waals surface area (Å²) in [6.45, 7) is 4.74. The second-order valence-electron chi connectivity index (χ2n) is 9.42. The predicted octanol–water partition coefficient (Wildman–Crippen LogP) is 6.60. The zero-order chi connectivity index (χ0) is 24.7. The van der Waals surface area contributed by atoms with Gasteiger partial charge >= 0.3 is 0 Å². The average Bonchev–Trinajstić information content (AvgIpc) is 2.83. The molecule has 0 saturated carbocycles. The van der Waals surface area contributed by atoms with Crippen LogP contribution < -0.4 is 20.4 Å². The largest absolute Gasteiger partial charge is 0.378 e. The van der Waals surface area contributed by atoms with Gasteiger partial charge in [0.25, 0.3) is 7.37 Å². The molecule has 0 spiro atoms. The van der Waals surface area contributed by atoms with Gasteiger partial charge in [0.15, 0.2) is 0 Å². The van der Waals surface area contributed by atoms with Crippen LogP contribution in [0.4, 0.5) is 17.1 Å². The van der Waals surface area contributed by atoms with Crippen molar-refractivity contribution >= 4 is 29.7 Å². The van der Waals surface area contributed by atoms with Gasteiger partial charge in [-0.15, -0.1) is 0 Å². The highest BCUT2D eigenvalue weighted by atomic mass is 31.2. The summed E-state index contributed by atoms with van der Waals surface area (Å²) in [5, 5.41) is 4.26. The summed E-state index contributed by atoms with van der Waals surface area (Å²) in [5.74, 6) is -0.0621. The molecule has 0 fully saturated rings. The molecule has 182 valence electrons. The van der Waals surface area contributed by atoms with Crippen LogP contribution in [-0.4, -0.2) is 34.8 Å². The van der Waals surface area contributed by atoms with E-state index >= 15 is 0 Å². The van der Waals surface area contributed by atoms with Crippen molar-refractivity contribution in [3.63, 3.8) is 0 Å². The van der Waals surface area contributed by atoms with Gasteiger partial charge in [-0.2, -0.15) is 0 Å². The van der Waals surface area contributed by atoms with Crippen molar-refractivity contribution < 1.29 is 9.09 Å². The number of rotatable bonds is 11. The minimum absolute atomic E-state index is 0.438. The molecule has 5 nitrogen and oxygen atoms in total. The molecule has 0 heterocycles. The zero-order valence-electron chi connectivity index (χ0n) is 21.2. The molecule has 3 rings (SSSR count). The summed E-state index contributed by atoms with van der Waals surface area (Å²) < 4.78 is 21.3. The maximum Gasteiger partial charge on any atom is 0.258 e. The lowest BCUT2D eigenvalue weighted by Gasteiger charge is -2.31. The van der Waals surface area contributed by atoms with Crippen molar-refractivity contribution in [2.45, 2.75) is 26.1 Å². The minimum atomic E-state index is -3.36. The highest BCUT2D eigenvalue weighted by molar-refractivity contribution is 7.67. The van der Waals surface area contributed by atoms with Gasteiger partial charge in [-0.25, -0.2) is 0 Å². The Hall–Kier alpha value is -2.75.